The lowest BCUT2D eigenvalue weighted by Crippen LogP contribution is -2.52. The highest BCUT2D eigenvalue weighted by Crippen LogP contribution is 2.44. The van der Waals surface area contributed by atoms with E-state index < -0.39 is 6.23 Å². The molecule has 1 aromatic heterocycles. The van der Waals surface area contributed by atoms with Crippen LogP contribution in [-0.4, -0.2) is 58.7 Å². The minimum absolute atomic E-state index is 0.0403. The number of anilines is 1. The molecule has 0 aliphatic carbocycles. The van der Waals surface area contributed by atoms with Crippen molar-refractivity contribution in [3.63, 3.8) is 0 Å². The van der Waals surface area contributed by atoms with Gasteiger partial charge in [-0.05, 0) is 45.6 Å². The molecule has 0 spiro atoms. The predicted octanol–water partition coefficient (Wildman–Crippen LogP) is 3.52. The van der Waals surface area contributed by atoms with E-state index in [1.807, 2.05) is 41.0 Å². The van der Waals surface area contributed by atoms with E-state index in [1.54, 1.807) is 7.11 Å². The fraction of sp³-hybridized carbons (Fsp3) is 0.615. The molecule has 2 aliphatic heterocycles. The molecule has 6 unspecified atom stereocenters. The van der Waals surface area contributed by atoms with Crippen LogP contribution in [0.4, 0.5) is 5.82 Å². The molecule has 8 heteroatoms. The molecule has 1 saturated heterocycles. The van der Waals surface area contributed by atoms with Crippen molar-refractivity contribution in [2.24, 2.45) is 11.8 Å². The number of ether oxygens (including phenoxy) is 1. The summed E-state index contributed by atoms with van der Waals surface area (Å²) in [5.41, 5.74) is 2.05. The number of carbonyl (C=O) groups excluding carboxylic acids is 1. The van der Waals surface area contributed by atoms with Crippen molar-refractivity contribution in [3.8, 4) is 5.75 Å². The van der Waals surface area contributed by atoms with Gasteiger partial charge in [0.2, 0.25) is 5.91 Å². The van der Waals surface area contributed by atoms with Crippen molar-refractivity contribution in [2.45, 2.75) is 70.8 Å². The molecule has 3 heterocycles. The maximum absolute atomic E-state index is 12.9. The normalized spacial score (nSPS) is 27.9. The first-order valence-corrected chi connectivity index (χ1v) is 12.4. The number of hydrogen-bond donors (Lipinski definition) is 3. The number of aliphatic hydroxyl groups is 1. The zero-order chi connectivity index (χ0) is 24.6. The van der Waals surface area contributed by atoms with E-state index in [0.717, 1.165) is 29.1 Å². The number of rotatable bonds is 7. The van der Waals surface area contributed by atoms with Gasteiger partial charge in [0.1, 0.15) is 17.8 Å². The number of carbonyl (C=O) groups is 1. The van der Waals surface area contributed by atoms with Gasteiger partial charge in [0.05, 0.1) is 25.3 Å². The molecule has 2 aliphatic rings. The van der Waals surface area contributed by atoms with E-state index in [0.29, 0.717) is 13.0 Å². The largest absolute Gasteiger partial charge is 0.496 e. The van der Waals surface area contributed by atoms with E-state index in [-0.39, 0.29) is 41.8 Å². The van der Waals surface area contributed by atoms with Crippen LogP contribution in [-0.2, 0) is 4.79 Å². The van der Waals surface area contributed by atoms with Crippen LogP contribution < -0.4 is 15.4 Å². The Bertz CT molecular complexity index is 1010. The quantitative estimate of drug-likeness (QED) is 0.538. The molecule has 0 saturated carbocycles. The summed E-state index contributed by atoms with van der Waals surface area (Å²) >= 11 is 0. The molecule has 4 rings (SSSR count). The first kappa shape index (κ1) is 24.5. The zero-order valence-electron chi connectivity index (χ0n) is 21.2. The summed E-state index contributed by atoms with van der Waals surface area (Å²) in [6, 6.07) is 8.38. The maximum atomic E-state index is 12.9. The summed E-state index contributed by atoms with van der Waals surface area (Å²) in [7, 11) is 3.55. The lowest BCUT2D eigenvalue weighted by molar-refractivity contribution is -0.142. The molecule has 3 N–H and O–H groups in total. The van der Waals surface area contributed by atoms with Crippen molar-refractivity contribution < 1.29 is 14.6 Å². The molecule has 34 heavy (non-hydrogen) atoms. The smallest absolute Gasteiger partial charge is 0.227 e. The standard InChI is InChI=1S/C26H39N5O3/c1-15(2)31-24-21(14-28-31)19(12-22(29-24)18-9-7-8-10-23(18)34-6)25(32)27-13-20-16(3)11-17(4)30(5)26(20)33/h7-10,14-17,19-20,22,25,27,29,32H,11-13H2,1-6H3. The van der Waals surface area contributed by atoms with Gasteiger partial charge in [-0.3, -0.25) is 10.1 Å². The third kappa shape index (κ3) is 4.53. The van der Waals surface area contributed by atoms with Crippen LogP contribution >= 0.6 is 0 Å². The second kappa shape index (κ2) is 9.96. The van der Waals surface area contributed by atoms with Crippen molar-refractivity contribution in [3.05, 3.63) is 41.6 Å². The molecule has 1 fully saturated rings. The maximum Gasteiger partial charge on any atom is 0.227 e. The number of fused-ring (bicyclic) bond motifs is 1. The van der Waals surface area contributed by atoms with Gasteiger partial charge in [-0.15, -0.1) is 0 Å². The highest BCUT2D eigenvalue weighted by Gasteiger charge is 2.39. The fourth-order valence-electron chi connectivity index (χ4n) is 5.51. The molecule has 0 radical (unpaired) electrons. The second-order valence-corrected chi connectivity index (χ2v) is 10.2. The number of methoxy groups -OCH3 is 1. The Morgan fingerprint density at radius 1 is 1.24 bits per heavy atom. The molecule has 8 nitrogen and oxygen atoms in total. The van der Waals surface area contributed by atoms with Crippen LogP contribution in [0.3, 0.4) is 0 Å². The number of aromatic nitrogens is 2. The molecule has 186 valence electrons. The average Bonchev–Trinajstić information content (AvgIpc) is 3.26. The van der Waals surface area contributed by atoms with Gasteiger partial charge in [-0.2, -0.15) is 5.10 Å². The average molecular weight is 470 g/mol. The first-order valence-electron chi connectivity index (χ1n) is 12.4. The third-order valence-corrected chi connectivity index (χ3v) is 7.68. The van der Waals surface area contributed by atoms with Crippen molar-refractivity contribution in [1.82, 2.24) is 20.0 Å². The van der Waals surface area contributed by atoms with Crippen LogP contribution in [0.15, 0.2) is 30.5 Å². The van der Waals surface area contributed by atoms with Gasteiger partial charge in [0.15, 0.2) is 0 Å². The summed E-state index contributed by atoms with van der Waals surface area (Å²) in [4.78, 5) is 14.7. The Hall–Kier alpha value is -2.58. The van der Waals surface area contributed by atoms with Crippen LogP contribution in [0.2, 0.25) is 0 Å². The molecule has 1 aromatic carbocycles. The van der Waals surface area contributed by atoms with Crippen LogP contribution in [0, 0.1) is 11.8 Å². The Morgan fingerprint density at radius 2 is 1.97 bits per heavy atom. The number of amides is 1. The number of aliphatic hydroxyl groups excluding tert-OH is 1. The van der Waals surface area contributed by atoms with E-state index >= 15 is 0 Å². The Kier molecular flexibility index (Phi) is 7.19. The molecule has 2 aromatic rings. The molecule has 1 amide bonds. The number of para-hydroxylation sites is 1. The molecule has 0 bridgehead atoms. The van der Waals surface area contributed by atoms with E-state index in [4.69, 9.17) is 4.74 Å². The molecular formula is C26H39N5O3. The van der Waals surface area contributed by atoms with Crippen LogP contribution in [0.5, 0.6) is 5.75 Å². The summed E-state index contributed by atoms with van der Waals surface area (Å²) in [6.07, 6.45) is 2.71. The lowest BCUT2D eigenvalue weighted by atomic mass is 9.82. The topological polar surface area (TPSA) is 91.7 Å². The molecular weight excluding hydrogens is 430 g/mol. The van der Waals surface area contributed by atoms with E-state index in [2.05, 4.69) is 49.5 Å². The first-order chi connectivity index (χ1) is 16.2. The number of piperidine rings is 1. The summed E-state index contributed by atoms with van der Waals surface area (Å²) < 4.78 is 7.60. The Labute approximate surface area is 202 Å². The van der Waals surface area contributed by atoms with Gasteiger partial charge in [0, 0.05) is 42.7 Å². The van der Waals surface area contributed by atoms with Gasteiger partial charge in [-0.1, -0.05) is 25.1 Å². The minimum atomic E-state index is -0.799. The van der Waals surface area contributed by atoms with Gasteiger partial charge < -0.3 is 20.1 Å². The highest BCUT2D eigenvalue weighted by molar-refractivity contribution is 5.80. The van der Waals surface area contributed by atoms with Gasteiger partial charge in [-0.25, -0.2) is 4.68 Å². The number of nitrogens with zero attached hydrogens (tertiary/aromatic N) is 3. The third-order valence-electron chi connectivity index (χ3n) is 7.68. The predicted molar refractivity (Wildman–Crippen MR) is 133 cm³/mol. The SMILES string of the molecule is COc1ccccc1C1CC(C(O)NCC2C(=O)N(C)C(C)CC2C)c2cnn(C(C)C)c2N1. The number of benzene rings is 1. The second-order valence-electron chi connectivity index (χ2n) is 10.2. The van der Waals surface area contributed by atoms with Crippen molar-refractivity contribution >= 4 is 11.7 Å². The monoisotopic (exact) mass is 469 g/mol. The zero-order valence-corrected chi connectivity index (χ0v) is 21.2. The van der Waals surface area contributed by atoms with E-state index in [1.165, 1.54) is 0 Å². The van der Waals surface area contributed by atoms with Crippen LogP contribution in [0.1, 0.15) is 69.7 Å². The summed E-state index contributed by atoms with van der Waals surface area (Å²) in [5, 5.41) is 22.9. The lowest BCUT2D eigenvalue weighted by Gasteiger charge is -2.40. The van der Waals surface area contributed by atoms with Crippen molar-refractivity contribution in [1.29, 1.82) is 0 Å². The highest BCUT2D eigenvalue weighted by atomic mass is 16.5. The van der Waals surface area contributed by atoms with Crippen LogP contribution in [0.25, 0.3) is 0 Å². The van der Waals surface area contributed by atoms with E-state index in [9.17, 15) is 9.90 Å². The summed E-state index contributed by atoms with van der Waals surface area (Å²) in [6.45, 7) is 8.87. The van der Waals surface area contributed by atoms with Gasteiger partial charge >= 0.3 is 0 Å². The Balaban J connectivity index is 1.58. The van der Waals surface area contributed by atoms with Gasteiger partial charge in [0.25, 0.3) is 0 Å². The molecule has 6 atom stereocenters. The Morgan fingerprint density at radius 3 is 2.68 bits per heavy atom. The summed E-state index contributed by atoms with van der Waals surface area (Å²) in [5.74, 6) is 1.85. The number of hydrogen-bond acceptors (Lipinski definition) is 6. The number of likely N-dealkylation sites (tertiary alicyclic amines) is 1. The fourth-order valence-corrected chi connectivity index (χ4v) is 5.51. The van der Waals surface area contributed by atoms with Crippen molar-refractivity contribution in [2.75, 3.05) is 26.0 Å². The minimum Gasteiger partial charge on any atom is -0.496 e. The number of nitrogens with one attached hydrogen (secondary N) is 2.